The maximum absolute atomic E-state index is 11.1. The van der Waals surface area contributed by atoms with E-state index in [9.17, 15) is 14.9 Å². The van der Waals surface area contributed by atoms with Crippen LogP contribution in [0.3, 0.4) is 0 Å². The van der Waals surface area contributed by atoms with Gasteiger partial charge in [0, 0.05) is 24.8 Å². The van der Waals surface area contributed by atoms with Crippen LogP contribution in [0.1, 0.15) is 29.3 Å². The fourth-order valence-corrected chi connectivity index (χ4v) is 2.07. The first-order valence-corrected chi connectivity index (χ1v) is 6.30. The molecule has 0 aromatic heterocycles. The summed E-state index contributed by atoms with van der Waals surface area (Å²) in [6, 6.07) is 2.47. The number of nitro groups is 1. The summed E-state index contributed by atoms with van der Waals surface area (Å²) in [7, 11) is 0. The molecule has 1 rings (SSSR count). The highest BCUT2D eigenvalue weighted by Crippen LogP contribution is 2.30. The Morgan fingerprint density at radius 1 is 1.40 bits per heavy atom. The smallest absolute Gasteiger partial charge is 0.336 e. The number of hydrogen-bond donors (Lipinski definition) is 2. The highest BCUT2D eigenvalue weighted by molar-refractivity contribution is 5.90. The minimum atomic E-state index is -1.21. The Kier molecular flexibility index (Phi) is 5.45. The molecule has 0 amide bonds. The van der Waals surface area contributed by atoms with Gasteiger partial charge in [0.15, 0.2) is 0 Å². The Morgan fingerprint density at radius 2 is 2.05 bits per heavy atom. The number of aliphatic hydroxyl groups is 1. The molecule has 1 aromatic rings. The monoisotopic (exact) mass is 282 g/mol. The quantitative estimate of drug-likeness (QED) is 0.584. The lowest BCUT2D eigenvalue weighted by Gasteiger charge is -2.25. The zero-order valence-corrected chi connectivity index (χ0v) is 11.5. The van der Waals surface area contributed by atoms with Crippen molar-refractivity contribution in [1.82, 2.24) is 0 Å². The summed E-state index contributed by atoms with van der Waals surface area (Å²) in [5.41, 5.74) is 0.532. The first-order chi connectivity index (χ1) is 9.42. The molecular weight excluding hydrogens is 264 g/mol. The number of carboxylic acid groups (broad SMARTS) is 1. The average molecular weight is 282 g/mol. The summed E-state index contributed by atoms with van der Waals surface area (Å²) < 4.78 is 0. The summed E-state index contributed by atoms with van der Waals surface area (Å²) in [6.07, 6.45) is 0.782. The predicted molar refractivity (Wildman–Crippen MR) is 74.4 cm³/mol. The number of nitrogens with zero attached hydrogens (tertiary/aromatic N) is 2. The zero-order valence-electron chi connectivity index (χ0n) is 11.5. The number of benzene rings is 1. The van der Waals surface area contributed by atoms with Gasteiger partial charge >= 0.3 is 5.97 Å². The third-order valence-electron chi connectivity index (χ3n) is 3.00. The number of carbonyl (C=O) groups is 1. The topological polar surface area (TPSA) is 104 Å². The standard InChI is InChI=1S/C13H18N2O5/c1-3-4-14(5-6-16)11-7-10(13(17)18)8-12(9(11)2)15(19)20/h7-8,16H,3-6H2,1-2H3,(H,17,18). The van der Waals surface area contributed by atoms with Crippen LogP contribution in [0.25, 0.3) is 0 Å². The predicted octanol–water partition coefficient (Wildman–Crippen LogP) is 1.81. The fourth-order valence-electron chi connectivity index (χ4n) is 2.07. The molecule has 0 bridgehead atoms. The molecule has 2 N–H and O–H groups in total. The molecule has 110 valence electrons. The van der Waals surface area contributed by atoms with Crippen LogP contribution in [0.15, 0.2) is 12.1 Å². The molecular formula is C13H18N2O5. The van der Waals surface area contributed by atoms with Crippen molar-refractivity contribution in [3.63, 3.8) is 0 Å². The Balaban J connectivity index is 3.41. The van der Waals surface area contributed by atoms with Crippen molar-refractivity contribution < 1.29 is 19.9 Å². The molecule has 7 heteroatoms. The highest BCUT2D eigenvalue weighted by Gasteiger charge is 2.21. The normalized spacial score (nSPS) is 10.3. The van der Waals surface area contributed by atoms with E-state index in [0.717, 1.165) is 12.5 Å². The van der Waals surface area contributed by atoms with Crippen LogP contribution >= 0.6 is 0 Å². The van der Waals surface area contributed by atoms with Gasteiger partial charge in [0.1, 0.15) is 0 Å². The van der Waals surface area contributed by atoms with Gasteiger partial charge in [0.25, 0.3) is 5.69 Å². The average Bonchev–Trinajstić information content (AvgIpc) is 2.38. The van der Waals surface area contributed by atoms with E-state index in [1.54, 1.807) is 11.8 Å². The van der Waals surface area contributed by atoms with Crippen molar-refractivity contribution in [2.45, 2.75) is 20.3 Å². The van der Waals surface area contributed by atoms with Crippen LogP contribution in [-0.4, -0.2) is 40.8 Å². The third kappa shape index (κ3) is 3.45. The van der Waals surface area contributed by atoms with Crippen LogP contribution in [-0.2, 0) is 0 Å². The van der Waals surface area contributed by atoms with Crippen molar-refractivity contribution in [3.8, 4) is 0 Å². The van der Waals surface area contributed by atoms with Gasteiger partial charge in [-0.05, 0) is 19.4 Å². The molecule has 7 nitrogen and oxygen atoms in total. The first-order valence-electron chi connectivity index (χ1n) is 6.30. The Morgan fingerprint density at radius 3 is 2.50 bits per heavy atom. The van der Waals surface area contributed by atoms with Crippen LogP contribution in [0, 0.1) is 17.0 Å². The molecule has 0 saturated heterocycles. The molecule has 0 aliphatic carbocycles. The number of nitro benzene ring substituents is 1. The van der Waals surface area contributed by atoms with Crippen LogP contribution < -0.4 is 4.90 Å². The summed E-state index contributed by atoms with van der Waals surface area (Å²) in [5, 5.41) is 29.2. The first kappa shape index (κ1) is 15.9. The Labute approximate surface area is 116 Å². The molecule has 1 aromatic carbocycles. The fraction of sp³-hybridized carbons (Fsp3) is 0.462. The van der Waals surface area contributed by atoms with Crippen molar-refractivity contribution in [3.05, 3.63) is 33.4 Å². The number of aromatic carboxylic acids is 1. The van der Waals surface area contributed by atoms with Gasteiger partial charge in [-0.2, -0.15) is 0 Å². The Bertz CT molecular complexity index is 510. The molecule has 0 spiro atoms. The van der Waals surface area contributed by atoms with Gasteiger partial charge in [-0.3, -0.25) is 10.1 Å². The summed E-state index contributed by atoms with van der Waals surface area (Å²) in [5.74, 6) is -1.21. The van der Waals surface area contributed by atoms with Gasteiger partial charge in [-0.25, -0.2) is 4.79 Å². The largest absolute Gasteiger partial charge is 0.478 e. The number of hydrogen-bond acceptors (Lipinski definition) is 5. The minimum Gasteiger partial charge on any atom is -0.478 e. The van der Waals surface area contributed by atoms with E-state index in [2.05, 4.69) is 0 Å². The number of carboxylic acids is 1. The molecule has 0 heterocycles. The van der Waals surface area contributed by atoms with E-state index < -0.39 is 10.9 Å². The second-order valence-electron chi connectivity index (χ2n) is 4.41. The second-order valence-corrected chi connectivity index (χ2v) is 4.41. The van der Waals surface area contributed by atoms with Gasteiger partial charge in [-0.1, -0.05) is 6.92 Å². The van der Waals surface area contributed by atoms with Gasteiger partial charge < -0.3 is 15.1 Å². The van der Waals surface area contributed by atoms with Crippen molar-refractivity contribution in [2.24, 2.45) is 0 Å². The molecule has 0 radical (unpaired) electrons. The minimum absolute atomic E-state index is 0.107. The summed E-state index contributed by atoms with van der Waals surface area (Å²) in [6.45, 7) is 4.30. The SMILES string of the molecule is CCCN(CCO)c1cc(C(=O)O)cc([N+](=O)[O-])c1C. The van der Waals surface area contributed by atoms with Gasteiger partial charge in [0.05, 0.1) is 22.7 Å². The lowest BCUT2D eigenvalue weighted by molar-refractivity contribution is -0.385. The van der Waals surface area contributed by atoms with Crippen LogP contribution in [0.4, 0.5) is 11.4 Å². The lowest BCUT2D eigenvalue weighted by atomic mass is 10.1. The van der Waals surface area contributed by atoms with E-state index >= 15 is 0 Å². The van der Waals surface area contributed by atoms with Gasteiger partial charge in [0.2, 0.25) is 0 Å². The van der Waals surface area contributed by atoms with E-state index in [1.165, 1.54) is 6.07 Å². The molecule has 0 fully saturated rings. The molecule has 0 aliphatic rings. The maximum Gasteiger partial charge on any atom is 0.336 e. The number of aliphatic hydroxyl groups excluding tert-OH is 1. The summed E-state index contributed by atoms with van der Waals surface area (Å²) >= 11 is 0. The third-order valence-corrected chi connectivity index (χ3v) is 3.00. The van der Waals surface area contributed by atoms with E-state index in [4.69, 9.17) is 10.2 Å². The highest BCUT2D eigenvalue weighted by atomic mass is 16.6. The second kappa shape index (κ2) is 6.85. The molecule has 20 heavy (non-hydrogen) atoms. The summed E-state index contributed by atoms with van der Waals surface area (Å²) in [4.78, 5) is 23.3. The molecule has 0 atom stereocenters. The molecule has 0 aliphatic heterocycles. The van der Waals surface area contributed by atoms with Crippen LogP contribution in [0.2, 0.25) is 0 Å². The van der Waals surface area contributed by atoms with Crippen molar-refractivity contribution in [2.75, 3.05) is 24.6 Å². The van der Waals surface area contributed by atoms with E-state index in [0.29, 0.717) is 24.3 Å². The van der Waals surface area contributed by atoms with E-state index in [1.807, 2.05) is 6.92 Å². The molecule has 0 saturated carbocycles. The number of anilines is 1. The van der Waals surface area contributed by atoms with Crippen LogP contribution in [0.5, 0.6) is 0 Å². The maximum atomic E-state index is 11.1. The zero-order chi connectivity index (χ0) is 15.3. The van der Waals surface area contributed by atoms with E-state index in [-0.39, 0.29) is 17.9 Å². The number of rotatable bonds is 7. The molecule has 0 unspecified atom stereocenters. The van der Waals surface area contributed by atoms with Crippen molar-refractivity contribution >= 4 is 17.3 Å². The van der Waals surface area contributed by atoms with Crippen molar-refractivity contribution in [1.29, 1.82) is 0 Å². The Hall–Kier alpha value is -2.15. The van der Waals surface area contributed by atoms with Gasteiger partial charge in [-0.15, -0.1) is 0 Å². The lowest BCUT2D eigenvalue weighted by Crippen LogP contribution is -2.28.